The molecule has 1 aliphatic rings. The fraction of sp³-hybridized carbons (Fsp3) is 0.450. The molecule has 1 aliphatic heterocycles. The van der Waals surface area contributed by atoms with Crippen LogP contribution in [-0.4, -0.2) is 60.0 Å². The molecule has 0 bridgehead atoms. The van der Waals surface area contributed by atoms with Crippen molar-refractivity contribution in [1.82, 2.24) is 20.2 Å². The number of nitrogens with zero attached hydrogens (tertiary/aromatic N) is 4. The lowest BCUT2D eigenvalue weighted by Gasteiger charge is -2.34. The van der Waals surface area contributed by atoms with Crippen LogP contribution < -0.4 is 10.2 Å². The first-order valence-electron chi connectivity index (χ1n) is 9.37. The number of nitrogens with one attached hydrogen (secondary N) is 1. The number of aryl methyl sites for hydroxylation is 1. The normalized spacial score (nSPS) is 15.0. The fourth-order valence-electron chi connectivity index (χ4n) is 3.12. The number of carbonyl (C=O) groups excluding carboxylic acids is 1. The first-order valence-corrected chi connectivity index (χ1v) is 9.37. The number of aromatic nitrogens is 2. The van der Waals surface area contributed by atoms with E-state index in [4.69, 9.17) is 0 Å². The van der Waals surface area contributed by atoms with Crippen LogP contribution in [0.4, 0.5) is 5.82 Å². The molecule has 1 aromatic carbocycles. The molecule has 0 radical (unpaired) electrons. The number of likely N-dealkylation sites (N-methyl/N-ethyl adjacent to an activating group) is 1. The second kappa shape index (κ2) is 9.29. The van der Waals surface area contributed by atoms with Gasteiger partial charge >= 0.3 is 0 Å². The number of piperazine rings is 1. The Balaban J connectivity index is 1.43. The third kappa shape index (κ3) is 5.02. The second-order valence-corrected chi connectivity index (χ2v) is 6.53. The maximum absolute atomic E-state index is 12.2. The molecule has 2 aromatic rings. The molecule has 2 heterocycles. The topological polar surface area (TPSA) is 61.4 Å². The van der Waals surface area contributed by atoms with Crippen LogP contribution in [0.5, 0.6) is 0 Å². The number of benzene rings is 1. The van der Waals surface area contributed by atoms with Crippen molar-refractivity contribution in [2.45, 2.75) is 19.8 Å². The Morgan fingerprint density at radius 1 is 1.08 bits per heavy atom. The summed E-state index contributed by atoms with van der Waals surface area (Å²) in [5, 5.41) is 2.92. The van der Waals surface area contributed by atoms with E-state index < -0.39 is 0 Å². The maximum Gasteiger partial charge on any atom is 0.271 e. The first kappa shape index (κ1) is 18.3. The minimum atomic E-state index is -0.159. The lowest BCUT2D eigenvalue weighted by atomic mass is 10.1. The Labute approximate surface area is 155 Å². The van der Waals surface area contributed by atoms with Crippen molar-refractivity contribution in [3.05, 3.63) is 54.0 Å². The van der Waals surface area contributed by atoms with Gasteiger partial charge in [0, 0.05) is 32.7 Å². The lowest BCUT2D eigenvalue weighted by Crippen LogP contribution is -2.46. The van der Waals surface area contributed by atoms with Crippen molar-refractivity contribution in [3.63, 3.8) is 0 Å². The van der Waals surface area contributed by atoms with Crippen molar-refractivity contribution < 1.29 is 4.79 Å². The van der Waals surface area contributed by atoms with Crippen LogP contribution >= 0.6 is 0 Å². The highest BCUT2D eigenvalue weighted by atomic mass is 16.1. The molecule has 0 unspecified atom stereocenters. The molecule has 1 N–H and O–H groups in total. The Morgan fingerprint density at radius 3 is 2.50 bits per heavy atom. The molecule has 6 nitrogen and oxygen atoms in total. The maximum atomic E-state index is 12.2. The summed E-state index contributed by atoms with van der Waals surface area (Å²) in [7, 11) is 0. The Morgan fingerprint density at radius 2 is 1.85 bits per heavy atom. The highest BCUT2D eigenvalue weighted by Gasteiger charge is 2.17. The summed E-state index contributed by atoms with van der Waals surface area (Å²) in [6.45, 7) is 7.90. The van der Waals surface area contributed by atoms with Gasteiger partial charge in [-0.1, -0.05) is 37.3 Å². The molecule has 1 amide bonds. The molecule has 1 fully saturated rings. The molecular weight excluding hydrogens is 326 g/mol. The SMILES string of the molecule is CCN1CCN(c2cnc(C(=O)NCCCc3ccccc3)cn2)CC1. The van der Waals surface area contributed by atoms with E-state index in [-0.39, 0.29) is 5.91 Å². The van der Waals surface area contributed by atoms with Gasteiger partial charge in [0.15, 0.2) is 0 Å². The number of hydrogen-bond acceptors (Lipinski definition) is 5. The van der Waals surface area contributed by atoms with E-state index in [9.17, 15) is 4.79 Å². The van der Waals surface area contributed by atoms with Gasteiger partial charge in [-0.25, -0.2) is 9.97 Å². The van der Waals surface area contributed by atoms with Crippen LogP contribution in [0.1, 0.15) is 29.4 Å². The highest BCUT2D eigenvalue weighted by molar-refractivity contribution is 5.91. The van der Waals surface area contributed by atoms with Crippen molar-refractivity contribution in [2.75, 3.05) is 44.2 Å². The average molecular weight is 353 g/mol. The van der Waals surface area contributed by atoms with E-state index in [0.29, 0.717) is 12.2 Å². The third-order valence-corrected chi connectivity index (χ3v) is 4.78. The number of anilines is 1. The highest BCUT2D eigenvalue weighted by Crippen LogP contribution is 2.12. The van der Waals surface area contributed by atoms with E-state index in [0.717, 1.165) is 51.4 Å². The molecular formula is C20H27N5O. The van der Waals surface area contributed by atoms with Crippen molar-refractivity contribution >= 4 is 11.7 Å². The van der Waals surface area contributed by atoms with Crippen LogP contribution in [0.2, 0.25) is 0 Å². The zero-order valence-corrected chi connectivity index (χ0v) is 15.4. The Bertz CT molecular complexity index is 681. The standard InChI is InChI=1S/C20H27N5O/c1-2-24-11-13-25(14-12-24)19-16-22-18(15-23-19)20(26)21-10-6-9-17-7-4-3-5-8-17/h3-5,7-8,15-16H,2,6,9-14H2,1H3,(H,21,26). The van der Waals surface area contributed by atoms with E-state index in [2.05, 4.69) is 44.1 Å². The molecule has 6 heteroatoms. The minimum absolute atomic E-state index is 0.159. The Kier molecular flexibility index (Phi) is 6.55. The second-order valence-electron chi connectivity index (χ2n) is 6.53. The van der Waals surface area contributed by atoms with Crippen LogP contribution in [0.25, 0.3) is 0 Å². The summed E-state index contributed by atoms with van der Waals surface area (Å²) in [6, 6.07) is 10.3. The van der Waals surface area contributed by atoms with Gasteiger partial charge in [-0.05, 0) is 24.9 Å². The van der Waals surface area contributed by atoms with Crippen molar-refractivity contribution in [1.29, 1.82) is 0 Å². The summed E-state index contributed by atoms with van der Waals surface area (Å²) in [5.41, 5.74) is 1.66. The van der Waals surface area contributed by atoms with Crippen LogP contribution in [-0.2, 0) is 6.42 Å². The Hall–Kier alpha value is -2.47. The number of carbonyl (C=O) groups is 1. The van der Waals surface area contributed by atoms with Crippen LogP contribution in [0, 0.1) is 0 Å². The van der Waals surface area contributed by atoms with E-state index in [1.807, 2.05) is 18.2 Å². The molecule has 0 spiro atoms. The van der Waals surface area contributed by atoms with Gasteiger partial charge in [0.1, 0.15) is 11.5 Å². The van der Waals surface area contributed by atoms with Gasteiger partial charge in [-0.3, -0.25) is 4.79 Å². The molecule has 0 aliphatic carbocycles. The average Bonchev–Trinajstić information content (AvgIpc) is 2.72. The predicted octanol–water partition coefficient (Wildman–Crippen LogP) is 1.98. The summed E-state index contributed by atoms with van der Waals surface area (Å²) >= 11 is 0. The molecule has 138 valence electrons. The molecule has 0 atom stereocenters. The van der Waals surface area contributed by atoms with E-state index in [1.165, 1.54) is 5.56 Å². The molecule has 3 rings (SSSR count). The molecule has 0 saturated carbocycles. The number of rotatable bonds is 7. The molecule has 1 aromatic heterocycles. The number of hydrogen-bond donors (Lipinski definition) is 1. The smallest absolute Gasteiger partial charge is 0.271 e. The van der Waals surface area contributed by atoms with E-state index >= 15 is 0 Å². The predicted molar refractivity (Wildman–Crippen MR) is 103 cm³/mol. The first-order chi connectivity index (χ1) is 12.8. The summed E-state index contributed by atoms with van der Waals surface area (Å²) in [6.07, 6.45) is 5.15. The third-order valence-electron chi connectivity index (χ3n) is 4.78. The zero-order valence-electron chi connectivity index (χ0n) is 15.4. The zero-order chi connectivity index (χ0) is 18.2. The minimum Gasteiger partial charge on any atom is -0.353 e. The summed E-state index contributed by atoms with van der Waals surface area (Å²) in [5.74, 6) is 0.689. The van der Waals surface area contributed by atoms with E-state index in [1.54, 1.807) is 12.4 Å². The monoisotopic (exact) mass is 353 g/mol. The van der Waals surface area contributed by atoms with Gasteiger partial charge in [-0.15, -0.1) is 0 Å². The lowest BCUT2D eigenvalue weighted by molar-refractivity contribution is 0.0948. The van der Waals surface area contributed by atoms with Crippen molar-refractivity contribution in [2.24, 2.45) is 0 Å². The van der Waals surface area contributed by atoms with Gasteiger partial charge in [-0.2, -0.15) is 0 Å². The molecule has 1 saturated heterocycles. The number of amides is 1. The summed E-state index contributed by atoms with van der Waals surface area (Å²) < 4.78 is 0. The van der Waals surface area contributed by atoms with Crippen molar-refractivity contribution in [3.8, 4) is 0 Å². The van der Waals surface area contributed by atoms with Gasteiger partial charge in [0.05, 0.1) is 12.4 Å². The van der Waals surface area contributed by atoms with Gasteiger partial charge < -0.3 is 15.1 Å². The quantitative estimate of drug-likeness (QED) is 0.771. The fourth-order valence-corrected chi connectivity index (χ4v) is 3.12. The molecule has 26 heavy (non-hydrogen) atoms. The van der Waals surface area contributed by atoms with Gasteiger partial charge in [0.2, 0.25) is 0 Å². The van der Waals surface area contributed by atoms with Gasteiger partial charge in [0.25, 0.3) is 5.91 Å². The van der Waals surface area contributed by atoms with Crippen LogP contribution in [0.3, 0.4) is 0 Å². The summed E-state index contributed by atoms with van der Waals surface area (Å²) in [4.78, 5) is 25.6. The largest absolute Gasteiger partial charge is 0.353 e. The van der Waals surface area contributed by atoms with Crippen LogP contribution in [0.15, 0.2) is 42.7 Å².